The molecule has 0 saturated heterocycles. The number of hydrogen-bond donors (Lipinski definition) is 1. The number of nitrogens with one attached hydrogen (secondary N) is 1. The van der Waals surface area contributed by atoms with E-state index in [-0.39, 0.29) is 0 Å². The number of anilines is 2. The zero-order valence-corrected chi connectivity index (χ0v) is 11.6. The summed E-state index contributed by atoms with van der Waals surface area (Å²) in [5.74, 6) is 0. The van der Waals surface area contributed by atoms with Crippen LogP contribution in [0.3, 0.4) is 0 Å². The van der Waals surface area contributed by atoms with Gasteiger partial charge in [-0.2, -0.15) is 0 Å². The minimum absolute atomic E-state index is 0.551. The van der Waals surface area contributed by atoms with E-state index in [9.17, 15) is 4.79 Å². The van der Waals surface area contributed by atoms with Crippen molar-refractivity contribution in [2.75, 3.05) is 5.32 Å². The molecule has 0 aliphatic carbocycles. The minimum atomic E-state index is 0.551. The van der Waals surface area contributed by atoms with Crippen LogP contribution in [0.25, 0.3) is 0 Å². The van der Waals surface area contributed by atoms with Gasteiger partial charge in [-0.1, -0.05) is 11.6 Å². The van der Waals surface area contributed by atoms with Crippen LogP contribution in [0.5, 0.6) is 0 Å². The van der Waals surface area contributed by atoms with Gasteiger partial charge in [0.05, 0.1) is 22.6 Å². The van der Waals surface area contributed by atoms with Crippen molar-refractivity contribution in [1.29, 1.82) is 0 Å². The molecule has 86 valence electrons. The van der Waals surface area contributed by atoms with Gasteiger partial charge in [0.15, 0.2) is 6.29 Å². The highest BCUT2D eigenvalue weighted by molar-refractivity contribution is 14.1. The van der Waals surface area contributed by atoms with Crippen LogP contribution in [0.2, 0.25) is 5.02 Å². The summed E-state index contributed by atoms with van der Waals surface area (Å²) in [4.78, 5) is 14.8. The van der Waals surface area contributed by atoms with Gasteiger partial charge in [-0.15, -0.1) is 0 Å². The van der Waals surface area contributed by atoms with Crippen LogP contribution in [0.1, 0.15) is 10.4 Å². The lowest BCUT2D eigenvalue weighted by Crippen LogP contribution is -1.96. The fourth-order valence-electron chi connectivity index (χ4n) is 1.35. The van der Waals surface area contributed by atoms with Crippen molar-refractivity contribution in [3.8, 4) is 0 Å². The Hall–Kier alpha value is -1.14. The summed E-state index contributed by atoms with van der Waals surface area (Å²) >= 11 is 8.29. The number of aromatic nitrogens is 1. The zero-order chi connectivity index (χ0) is 12.3. The van der Waals surface area contributed by atoms with Crippen molar-refractivity contribution in [3.63, 3.8) is 0 Å². The summed E-state index contributed by atoms with van der Waals surface area (Å²) in [6, 6.07) is 7.30. The van der Waals surface area contributed by atoms with Crippen molar-refractivity contribution in [2.45, 2.75) is 0 Å². The number of pyridine rings is 1. The number of aldehydes is 1. The number of carbonyl (C=O) groups is 1. The molecule has 1 N–H and O–H groups in total. The summed E-state index contributed by atoms with van der Waals surface area (Å²) in [7, 11) is 0. The molecule has 0 aliphatic rings. The number of hydrogen-bond acceptors (Lipinski definition) is 3. The average molecular weight is 359 g/mol. The van der Waals surface area contributed by atoms with Crippen LogP contribution in [0.15, 0.2) is 36.7 Å². The predicted octanol–water partition coefficient (Wildman–Crippen LogP) is 3.90. The quantitative estimate of drug-likeness (QED) is 0.668. The van der Waals surface area contributed by atoms with Crippen LogP contribution in [0.4, 0.5) is 11.4 Å². The highest BCUT2D eigenvalue weighted by atomic mass is 127. The molecular formula is C12H8ClIN2O. The molecule has 1 heterocycles. The van der Waals surface area contributed by atoms with Crippen LogP contribution in [-0.2, 0) is 0 Å². The molecule has 0 bridgehead atoms. The first-order valence-electron chi connectivity index (χ1n) is 4.82. The number of halogens is 2. The van der Waals surface area contributed by atoms with Crippen LogP contribution < -0.4 is 5.32 Å². The van der Waals surface area contributed by atoms with E-state index in [1.54, 1.807) is 18.5 Å². The Bertz CT molecular complexity index is 560. The summed E-state index contributed by atoms with van der Waals surface area (Å²) in [6.07, 6.45) is 3.95. The largest absolute Gasteiger partial charge is 0.352 e. The maximum Gasteiger partial charge on any atom is 0.152 e. The maximum atomic E-state index is 10.9. The van der Waals surface area contributed by atoms with Crippen molar-refractivity contribution in [1.82, 2.24) is 4.98 Å². The Morgan fingerprint density at radius 2 is 2.12 bits per heavy atom. The number of carbonyl (C=O) groups excluding carboxylic acids is 1. The molecule has 3 nitrogen and oxygen atoms in total. The van der Waals surface area contributed by atoms with Crippen molar-refractivity contribution in [2.24, 2.45) is 0 Å². The van der Waals surface area contributed by atoms with Crippen LogP contribution >= 0.6 is 34.2 Å². The molecule has 17 heavy (non-hydrogen) atoms. The van der Waals surface area contributed by atoms with E-state index < -0.39 is 0 Å². The Morgan fingerprint density at radius 1 is 1.29 bits per heavy atom. The van der Waals surface area contributed by atoms with Crippen molar-refractivity contribution >= 4 is 51.9 Å². The monoisotopic (exact) mass is 358 g/mol. The van der Waals surface area contributed by atoms with Gasteiger partial charge in [-0.05, 0) is 46.9 Å². The molecule has 0 unspecified atom stereocenters. The van der Waals surface area contributed by atoms with E-state index in [4.69, 9.17) is 11.6 Å². The lowest BCUT2D eigenvalue weighted by molar-refractivity contribution is 0.112. The second-order valence-electron chi connectivity index (χ2n) is 3.33. The van der Waals surface area contributed by atoms with Gasteiger partial charge in [0.1, 0.15) is 0 Å². The lowest BCUT2D eigenvalue weighted by Gasteiger charge is -2.09. The first-order valence-corrected chi connectivity index (χ1v) is 6.27. The fraction of sp³-hybridized carbons (Fsp3) is 0. The minimum Gasteiger partial charge on any atom is -0.352 e. The Labute approximate surface area is 117 Å². The summed E-state index contributed by atoms with van der Waals surface area (Å²) in [5.41, 5.74) is 1.95. The number of rotatable bonds is 3. The zero-order valence-electron chi connectivity index (χ0n) is 8.65. The summed E-state index contributed by atoms with van der Waals surface area (Å²) in [5, 5.41) is 3.70. The summed E-state index contributed by atoms with van der Waals surface area (Å²) < 4.78 is 1.06. The van der Waals surface area contributed by atoms with Gasteiger partial charge in [0.25, 0.3) is 0 Å². The van der Waals surface area contributed by atoms with Crippen molar-refractivity contribution < 1.29 is 4.79 Å². The molecule has 0 aliphatic heterocycles. The van der Waals surface area contributed by atoms with Gasteiger partial charge < -0.3 is 5.32 Å². The molecule has 0 amide bonds. The molecule has 0 fully saturated rings. The van der Waals surface area contributed by atoms with Gasteiger partial charge in [0, 0.05) is 15.3 Å². The maximum absolute atomic E-state index is 10.9. The molecule has 1 aromatic carbocycles. The molecule has 2 rings (SSSR count). The fourth-order valence-corrected chi connectivity index (χ4v) is 2.25. The van der Waals surface area contributed by atoms with Crippen LogP contribution in [-0.4, -0.2) is 11.3 Å². The van der Waals surface area contributed by atoms with E-state index >= 15 is 0 Å². The molecule has 0 radical (unpaired) electrons. The third-order valence-corrected chi connectivity index (χ3v) is 3.17. The molecule has 5 heteroatoms. The van der Waals surface area contributed by atoms with E-state index in [1.165, 1.54) is 0 Å². The van der Waals surface area contributed by atoms with E-state index in [2.05, 4.69) is 32.9 Å². The second-order valence-corrected chi connectivity index (χ2v) is 4.98. The highest BCUT2D eigenvalue weighted by Crippen LogP contribution is 2.27. The summed E-state index contributed by atoms with van der Waals surface area (Å²) in [6.45, 7) is 0. The molecule has 0 spiro atoms. The Morgan fingerprint density at radius 3 is 2.82 bits per heavy atom. The smallest absolute Gasteiger partial charge is 0.152 e. The topological polar surface area (TPSA) is 42.0 Å². The first-order chi connectivity index (χ1) is 8.20. The highest BCUT2D eigenvalue weighted by Gasteiger charge is 2.05. The standard InChI is InChI=1S/C12H8ClIN2O/c13-10-5-9(14)1-2-11(10)16-12-6-15-4-3-8(12)7-17/h1-7,16H. The molecule has 0 saturated carbocycles. The predicted molar refractivity (Wildman–Crippen MR) is 77.1 cm³/mol. The van der Waals surface area contributed by atoms with Gasteiger partial charge in [-0.25, -0.2) is 0 Å². The number of benzene rings is 1. The van der Waals surface area contributed by atoms with Gasteiger partial charge in [-0.3, -0.25) is 9.78 Å². The van der Waals surface area contributed by atoms with Crippen molar-refractivity contribution in [3.05, 3.63) is 50.8 Å². The lowest BCUT2D eigenvalue weighted by atomic mass is 10.2. The van der Waals surface area contributed by atoms with E-state index in [1.807, 2.05) is 18.2 Å². The molecule has 1 aromatic heterocycles. The first kappa shape index (κ1) is 12.3. The van der Waals surface area contributed by atoms with E-state index in [0.29, 0.717) is 16.3 Å². The molecule has 0 atom stereocenters. The SMILES string of the molecule is O=Cc1ccncc1Nc1ccc(I)cc1Cl. The third-order valence-electron chi connectivity index (χ3n) is 2.18. The second kappa shape index (κ2) is 5.46. The van der Waals surface area contributed by atoms with Gasteiger partial charge in [0.2, 0.25) is 0 Å². The Kier molecular flexibility index (Phi) is 3.96. The third kappa shape index (κ3) is 2.95. The van der Waals surface area contributed by atoms with E-state index in [0.717, 1.165) is 15.5 Å². The average Bonchev–Trinajstić information content (AvgIpc) is 2.33. The molecular weight excluding hydrogens is 351 g/mol. The number of nitrogens with zero attached hydrogens (tertiary/aromatic N) is 1. The Balaban J connectivity index is 2.34. The van der Waals surface area contributed by atoms with Crippen LogP contribution in [0, 0.1) is 3.57 Å². The van der Waals surface area contributed by atoms with Gasteiger partial charge >= 0.3 is 0 Å². The molecule has 2 aromatic rings. The normalized spacial score (nSPS) is 10.0.